The molecule has 1 rings (SSSR count). The highest BCUT2D eigenvalue weighted by molar-refractivity contribution is 7.09. The van der Waals surface area contributed by atoms with Gasteiger partial charge in [0.15, 0.2) is 5.01 Å². The number of aliphatic hydroxyl groups excluding tert-OH is 1. The number of hydrogen-bond acceptors (Lipinski definition) is 3. The van der Waals surface area contributed by atoms with Gasteiger partial charge in [0, 0.05) is 18.4 Å². The maximum atomic E-state index is 11.9. The van der Waals surface area contributed by atoms with Crippen LogP contribution in [-0.2, 0) is 12.6 Å². The summed E-state index contributed by atoms with van der Waals surface area (Å²) in [6, 6.07) is 0. The van der Waals surface area contributed by atoms with Crippen molar-refractivity contribution < 1.29 is 18.3 Å². The zero-order chi connectivity index (χ0) is 9.19. The van der Waals surface area contributed by atoms with Crippen LogP contribution in [0.5, 0.6) is 0 Å². The third-order valence-corrected chi connectivity index (χ3v) is 2.10. The minimum absolute atomic E-state index is 0.173. The molecule has 0 atom stereocenters. The molecule has 0 aliphatic carbocycles. The summed E-state index contributed by atoms with van der Waals surface area (Å²) in [5.41, 5.74) is 0.287. The second kappa shape index (κ2) is 3.40. The normalized spacial score (nSPS) is 12.0. The van der Waals surface area contributed by atoms with Crippen molar-refractivity contribution in [3.8, 4) is 0 Å². The van der Waals surface area contributed by atoms with E-state index in [-0.39, 0.29) is 18.7 Å². The number of hydrogen-bond donors (Lipinski definition) is 1. The lowest BCUT2D eigenvalue weighted by molar-refractivity contribution is -0.137. The van der Waals surface area contributed by atoms with E-state index < -0.39 is 11.2 Å². The van der Waals surface area contributed by atoms with Crippen molar-refractivity contribution >= 4 is 11.3 Å². The Balaban J connectivity index is 2.77. The second-order valence-electron chi connectivity index (χ2n) is 2.12. The smallest absolute Gasteiger partial charge is 0.396 e. The number of nitrogens with zero attached hydrogens (tertiary/aromatic N) is 1. The molecule has 1 aromatic heterocycles. The quantitative estimate of drug-likeness (QED) is 0.782. The van der Waals surface area contributed by atoms with Gasteiger partial charge in [-0.1, -0.05) is 0 Å². The fourth-order valence-corrected chi connectivity index (χ4v) is 1.39. The molecule has 0 bridgehead atoms. The molecule has 0 fully saturated rings. The van der Waals surface area contributed by atoms with Gasteiger partial charge < -0.3 is 5.11 Å². The van der Waals surface area contributed by atoms with Crippen molar-refractivity contribution in [3.05, 3.63) is 16.1 Å². The zero-order valence-corrected chi connectivity index (χ0v) is 6.74. The lowest BCUT2D eigenvalue weighted by Gasteiger charge is -1.98. The summed E-state index contributed by atoms with van der Waals surface area (Å²) >= 11 is 0.549. The average molecular weight is 197 g/mol. The van der Waals surface area contributed by atoms with Gasteiger partial charge >= 0.3 is 6.18 Å². The van der Waals surface area contributed by atoms with Crippen LogP contribution in [0.2, 0.25) is 0 Å². The molecule has 0 aliphatic rings. The van der Waals surface area contributed by atoms with Gasteiger partial charge in [0.1, 0.15) is 0 Å². The van der Waals surface area contributed by atoms with E-state index in [1.807, 2.05) is 0 Å². The third-order valence-electron chi connectivity index (χ3n) is 1.16. The van der Waals surface area contributed by atoms with Gasteiger partial charge in [0.25, 0.3) is 0 Å². The first-order chi connectivity index (χ1) is 5.54. The van der Waals surface area contributed by atoms with Crippen LogP contribution >= 0.6 is 11.3 Å². The van der Waals surface area contributed by atoms with Crippen LogP contribution in [0.4, 0.5) is 13.2 Å². The molecule has 68 valence electrons. The van der Waals surface area contributed by atoms with E-state index in [4.69, 9.17) is 5.11 Å². The monoisotopic (exact) mass is 197 g/mol. The van der Waals surface area contributed by atoms with Crippen LogP contribution in [0.1, 0.15) is 10.7 Å². The van der Waals surface area contributed by atoms with Crippen LogP contribution in [0.25, 0.3) is 0 Å². The summed E-state index contributed by atoms with van der Waals surface area (Å²) in [4.78, 5) is 3.30. The van der Waals surface area contributed by atoms with Crippen molar-refractivity contribution in [1.29, 1.82) is 0 Å². The number of rotatable bonds is 2. The van der Waals surface area contributed by atoms with Crippen LogP contribution in [0, 0.1) is 0 Å². The van der Waals surface area contributed by atoms with Crippen molar-refractivity contribution in [2.75, 3.05) is 6.61 Å². The molecule has 0 aromatic carbocycles. The molecule has 0 radical (unpaired) electrons. The van der Waals surface area contributed by atoms with Crippen LogP contribution in [-0.4, -0.2) is 16.7 Å². The Labute approximate surface area is 70.7 Å². The van der Waals surface area contributed by atoms with Crippen molar-refractivity contribution in [2.45, 2.75) is 12.6 Å². The molecule has 0 unspecified atom stereocenters. The molecule has 0 saturated carbocycles. The lowest BCUT2D eigenvalue weighted by atomic mass is 10.4. The summed E-state index contributed by atoms with van der Waals surface area (Å²) in [6.45, 7) is -0.180. The molecule has 0 saturated heterocycles. The summed E-state index contributed by atoms with van der Waals surface area (Å²) < 4.78 is 35.8. The van der Waals surface area contributed by atoms with E-state index in [2.05, 4.69) is 4.98 Å². The molecule has 0 spiro atoms. The van der Waals surface area contributed by atoms with E-state index in [1.165, 1.54) is 5.38 Å². The Morgan fingerprint density at radius 1 is 1.50 bits per heavy atom. The molecule has 12 heavy (non-hydrogen) atoms. The molecule has 2 nitrogen and oxygen atoms in total. The second-order valence-corrected chi connectivity index (χ2v) is 2.97. The van der Waals surface area contributed by atoms with E-state index in [1.54, 1.807) is 0 Å². The van der Waals surface area contributed by atoms with Crippen LogP contribution in [0.3, 0.4) is 0 Å². The van der Waals surface area contributed by atoms with Crippen LogP contribution < -0.4 is 0 Å². The SMILES string of the molecule is OCCc1csc(C(F)(F)F)n1. The highest BCUT2D eigenvalue weighted by atomic mass is 32.1. The average Bonchev–Trinajstić information content (AvgIpc) is 2.35. The molecule has 6 heteroatoms. The fraction of sp³-hybridized carbons (Fsp3) is 0.500. The topological polar surface area (TPSA) is 33.1 Å². The van der Waals surface area contributed by atoms with E-state index in [0.717, 1.165) is 0 Å². The standard InChI is InChI=1S/C6H6F3NOS/c7-6(8,9)5-10-4(1-2-11)3-12-5/h3,11H,1-2H2. The highest BCUT2D eigenvalue weighted by Crippen LogP contribution is 2.31. The minimum Gasteiger partial charge on any atom is -0.396 e. The molecule has 1 heterocycles. The predicted molar refractivity (Wildman–Crippen MR) is 37.9 cm³/mol. The Morgan fingerprint density at radius 3 is 2.58 bits per heavy atom. The lowest BCUT2D eigenvalue weighted by Crippen LogP contribution is -2.04. The first-order valence-corrected chi connectivity index (χ1v) is 4.04. The maximum Gasteiger partial charge on any atom is 0.443 e. The van der Waals surface area contributed by atoms with Gasteiger partial charge in [-0.2, -0.15) is 13.2 Å². The highest BCUT2D eigenvalue weighted by Gasteiger charge is 2.34. The summed E-state index contributed by atoms with van der Waals surface area (Å²) in [5, 5.41) is 8.86. The molecule has 0 amide bonds. The van der Waals surface area contributed by atoms with E-state index in [9.17, 15) is 13.2 Å². The first kappa shape index (κ1) is 9.47. The number of alkyl halides is 3. The fourth-order valence-electron chi connectivity index (χ4n) is 0.667. The zero-order valence-electron chi connectivity index (χ0n) is 5.93. The van der Waals surface area contributed by atoms with Gasteiger partial charge in [-0.15, -0.1) is 11.3 Å². The predicted octanol–water partition coefficient (Wildman–Crippen LogP) is 1.70. The summed E-state index contributed by atoms with van der Waals surface area (Å²) in [6.07, 6.45) is -4.19. The number of thiazole rings is 1. The van der Waals surface area contributed by atoms with E-state index in [0.29, 0.717) is 11.3 Å². The minimum atomic E-state index is -4.36. The number of aromatic nitrogens is 1. The Morgan fingerprint density at radius 2 is 2.17 bits per heavy atom. The largest absolute Gasteiger partial charge is 0.443 e. The Hall–Kier alpha value is -0.620. The van der Waals surface area contributed by atoms with Gasteiger partial charge in [-0.25, -0.2) is 4.98 Å². The molecule has 1 aromatic rings. The molecular formula is C6H6F3NOS. The molecular weight excluding hydrogens is 191 g/mol. The van der Waals surface area contributed by atoms with Gasteiger partial charge in [0.05, 0.1) is 5.69 Å². The van der Waals surface area contributed by atoms with Gasteiger partial charge in [0.2, 0.25) is 0 Å². The summed E-state index contributed by atoms with van der Waals surface area (Å²) in [5.74, 6) is 0. The van der Waals surface area contributed by atoms with Crippen LogP contribution in [0.15, 0.2) is 5.38 Å². The third kappa shape index (κ3) is 2.18. The van der Waals surface area contributed by atoms with Gasteiger partial charge in [-0.05, 0) is 0 Å². The Bertz CT molecular complexity index is 258. The molecule has 1 N–H and O–H groups in total. The Kier molecular flexibility index (Phi) is 2.69. The summed E-state index contributed by atoms with van der Waals surface area (Å²) in [7, 11) is 0. The van der Waals surface area contributed by atoms with E-state index >= 15 is 0 Å². The number of aliphatic hydroxyl groups is 1. The van der Waals surface area contributed by atoms with Gasteiger partial charge in [-0.3, -0.25) is 0 Å². The van der Waals surface area contributed by atoms with Crippen molar-refractivity contribution in [3.63, 3.8) is 0 Å². The van der Waals surface area contributed by atoms with Crippen molar-refractivity contribution in [2.24, 2.45) is 0 Å². The maximum absolute atomic E-state index is 11.9. The molecule has 0 aliphatic heterocycles. The van der Waals surface area contributed by atoms with Crippen molar-refractivity contribution in [1.82, 2.24) is 4.98 Å². The number of halogens is 3. The first-order valence-electron chi connectivity index (χ1n) is 3.16.